The minimum atomic E-state index is -0.483. The Bertz CT molecular complexity index is 585. The molecule has 2 aliphatic rings. The van der Waals surface area contributed by atoms with Gasteiger partial charge in [-0.2, -0.15) is 11.8 Å². The average Bonchev–Trinajstić information content (AvgIpc) is 2.90. The summed E-state index contributed by atoms with van der Waals surface area (Å²) in [5.74, 6) is 2.97. The molecule has 2 aliphatic heterocycles. The number of ketones is 1. The SMILES string of the molecule is CC(C(=O)c1ccc2c(c1)OCO2)N(C)C(=O)C1CSC1. The second-order valence-electron chi connectivity index (χ2n) is 5.29. The Morgan fingerprint density at radius 3 is 2.67 bits per heavy atom. The van der Waals surface area contributed by atoms with Crippen LogP contribution in [0.1, 0.15) is 17.3 Å². The van der Waals surface area contributed by atoms with E-state index in [2.05, 4.69) is 0 Å². The van der Waals surface area contributed by atoms with Gasteiger partial charge in [-0.25, -0.2) is 0 Å². The molecular weight excluding hydrogens is 290 g/mol. The highest BCUT2D eigenvalue weighted by atomic mass is 32.2. The number of ether oxygens (including phenoxy) is 2. The fourth-order valence-corrected chi connectivity index (χ4v) is 3.08. The molecule has 2 heterocycles. The molecule has 3 rings (SSSR count). The van der Waals surface area contributed by atoms with E-state index in [1.165, 1.54) is 0 Å². The smallest absolute Gasteiger partial charge is 0.231 e. The Morgan fingerprint density at radius 2 is 2.00 bits per heavy atom. The van der Waals surface area contributed by atoms with E-state index >= 15 is 0 Å². The highest BCUT2D eigenvalue weighted by Crippen LogP contribution is 2.33. The van der Waals surface area contributed by atoms with Crippen LogP contribution in [0.5, 0.6) is 11.5 Å². The third-order valence-corrected chi connectivity index (χ3v) is 5.23. The number of carbonyl (C=O) groups excluding carboxylic acids is 2. The van der Waals surface area contributed by atoms with E-state index in [0.29, 0.717) is 17.1 Å². The fraction of sp³-hybridized carbons (Fsp3) is 0.467. The van der Waals surface area contributed by atoms with Gasteiger partial charge >= 0.3 is 0 Å². The molecule has 1 aromatic rings. The molecule has 21 heavy (non-hydrogen) atoms. The number of rotatable bonds is 4. The third-order valence-electron chi connectivity index (χ3n) is 3.95. The van der Waals surface area contributed by atoms with Crippen LogP contribution >= 0.6 is 11.8 Å². The molecule has 0 radical (unpaired) electrons. The van der Waals surface area contributed by atoms with Gasteiger partial charge in [0.05, 0.1) is 12.0 Å². The molecule has 1 fully saturated rings. The predicted octanol–water partition coefficient (Wildman–Crippen LogP) is 1.81. The van der Waals surface area contributed by atoms with Crippen LogP contribution in [0.4, 0.5) is 0 Å². The normalized spacial score (nSPS) is 18.0. The monoisotopic (exact) mass is 307 g/mol. The first-order valence-corrected chi connectivity index (χ1v) is 8.01. The molecule has 0 spiro atoms. The topological polar surface area (TPSA) is 55.8 Å². The lowest BCUT2D eigenvalue weighted by molar-refractivity contribution is -0.134. The van der Waals surface area contributed by atoms with E-state index in [-0.39, 0.29) is 24.4 Å². The zero-order valence-electron chi connectivity index (χ0n) is 12.0. The number of amides is 1. The summed E-state index contributed by atoms with van der Waals surface area (Å²) in [7, 11) is 1.70. The Morgan fingerprint density at radius 1 is 1.29 bits per heavy atom. The molecular formula is C15H17NO4S. The second kappa shape index (κ2) is 5.60. The lowest BCUT2D eigenvalue weighted by Gasteiger charge is -2.31. The number of thioether (sulfide) groups is 1. The summed E-state index contributed by atoms with van der Waals surface area (Å²) < 4.78 is 10.5. The molecule has 1 amide bonds. The van der Waals surface area contributed by atoms with Crippen LogP contribution in [0.15, 0.2) is 18.2 Å². The average molecular weight is 307 g/mol. The van der Waals surface area contributed by atoms with Crippen molar-refractivity contribution in [2.45, 2.75) is 13.0 Å². The van der Waals surface area contributed by atoms with Crippen LogP contribution in [0.25, 0.3) is 0 Å². The van der Waals surface area contributed by atoms with E-state index in [0.717, 1.165) is 11.5 Å². The number of likely N-dealkylation sites (N-methyl/N-ethyl adjacent to an activating group) is 1. The largest absolute Gasteiger partial charge is 0.454 e. The van der Waals surface area contributed by atoms with Gasteiger partial charge in [0.15, 0.2) is 17.3 Å². The number of Topliss-reactive ketones (excluding diaryl/α,β-unsaturated/α-hetero) is 1. The van der Waals surface area contributed by atoms with Crippen molar-refractivity contribution in [1.82, 2.24) is 4.90 Å². The summed E-state index contributed by atoms with van der Waals surface area (Å²) >= 11 is 1.76. The second-order valence-corrected chi connectivity index (χ2v) is 6.37. The van der Waals surface area contributed by atoms with Gasteiger partial charge in [-0.1, -0.05) is 0 Å². The van der Waals surface area contributed by atoms with Crippen LogP contribution in [-0.2, 0) is 4.79 Å². The van der Waals surface area contributed by atoms with Crippen molar-refractivity contribution < 1.29 is 19.1 Å². The Kier molecular flexibility index (Phi) is 3.80. The number of fused-ring (bicyclic) bond motifs is 1. The van der Waals surface area contributed by atoms with Crippen molar-refractivity contribution in [2.24, 2.45) is 5.92 Å². The van der Waals surface area contributed by atoms with Crippen molar-refractivity contribution in [3.8, 4) is 11.5 Å². The molecule has 1 aromatic carbocycles. The summed E-state index contributed by atoms with van der Waals surface area (Å²) in [6, 6.07) is 4.64. The van der Waals surface area contributed by atoms with Gasteiger partial charge in [-0.15, -0.1) is 0 Å². The van der Waals surface area contributed by atoms with Crippen LogP contribution < -0.4 is 9.47 Å². The van der Waals surface area contributed by atoms with Gasteiger partial charge in [0.25, 0.3) is 0 Å². The van der Waals surface area contributed by atoms with Gasteiger partial charge in [0.1, 0.15) is 0 Å². The zero-order valence-corrected chi connectivity index (χ0v) is 12.8. The van der Waals surface area contributed by atoms with E-state index in [1.54, 1.807) is 48.8 Å². The summed E-state index contributed by atoms with van der Waals surface area (Å²) in [5.41, 5.74) is 0.536. The standard InChI is InChI=1S/C15H17NO4S/c1-9(16(2)15(18)11-6-21-7-11)14(17)10-3-4-12-13(5-10)20-8-19-12/h3-5,9,11H,6-8H2,1-2H3. The number of hydrogen-bond donors (Lipinski definition) is 0. The van der Waals surface area contributed by atoms with E-state index in [1.807, 2.05) is 0 Å². The number of benzene rings is 1. The Hall–Kier alpha value is -1.69. The summed E-state index contributed by atoms with van der Waals surface area (Å²) in [6.45, 7) is 1.94. The predicted molar refractivity (Wildman–Crippen MR) is 79.9 cm³/mol. The Labute approximate surface area is 127 Å². The summed E-state index contributed by atoms with van der Waals surface area (Å²) in [5, 5.41) is 0. The molecule has 1 atom stereocenters. The van der Waals surface area contributed by atoms with Crippen LogP contribution in [0, 0.1) is 5.92 Å². The van der Waals surface area contributed by atoms with Crippen molar-refractivity contribution in [1.29, 1.82) is 0 Å². The van der Waals surface area contributed by atoms with Gasteiger partial charge in [0.2, 0.25) is 12.7 Å². The molecule has 1 saturated heterocycles. The quantitative estimate of drug-likeness (QED) is 0.794. The Balaban J connectivity index is 1.73. The minimum Gasteiger partial charge on any atom is -0.454 e. The molecule has 0 bridgehead atoms. The van der Waals surface area contributed by atoms with Gasteiger partial charge in [-0.05, 0) is 25.1 Å². The first kappa shape index (κ1) is 14.3. The van der Waals surface area contributed by atoms with Gasteiger partial charge in [-0.3, -0.25) is 9.59 Å². The van der Waals surface area contributed by atoms with E-state index in [4.69, 9.17) is 9.47 Å². The zero-order chi connectivity index (χ0) is 15.0. The summed E-state index contributed by atoms with van der Waals surface area (Å²) in [4.78, 5) is 26.3. The van der Waals surface area contributed by atoms with Crippen molar-refractivity contribution in [3.05, 3.63) is 23.8 Å². The molecule has 0 saturated carbocycles. The number of carbonyl (C=O) groups is 2. The molecule has 5 nitrogen and oxygen atoms in total. The lowest BCUT2D eigenvalue weighted by atomic mass is 10.0. The highest BCUT2D eigenvalue weighted by Gasteiger charge is 2.33. The fourth-order valence-electron chi connectivity index (χ4n) is 2.32. The summed E-state index contributed by atoms with van der Waals surface area (Å²) in [6.07, 6.45) is 0. The minimum absolute atomic E-state index is 0.0512. The van der Waals surface area contributed by atoms with Crippen molar-refractivity contribution >= 4 is 23.5 Å². The van der Waals surface area contributed by atoms with Crippen LogP contribution in [0.3, 0.4) is 0 Å². The van der Waals surface area contributed by atoms with E-state index < -0.39 is 6.04 Å². The molecule has 112 valence electrons. The molecule has 1 unspecified atom stereocenters. The molecule has 0 aliphatic carbocycles. The molecule has 6 heteroatoms. The first-order valence-electron chi connectivity index (χ1n) is 6.86. The van der Waals surface area contributed by atoms with Gasteiger partial charge in [0, 0.05) is 24.1 Å². The maximum atomic E-state index is 12.5. The third kappa shape index (κ3) is 2.60. The maximum Gasteiger partial charge on any atom is 0.231 e. The van der Waals surface area contributed by atoms with Crippen LogP contribution in [-0.4, -0.2) is 48.0 Å². The molecule has 0 N–H and O–H groups in total. The lowest BCUT2D eigenvalue weighted by Crippen LogP contribution is -2.46. The number of hydrogen-bond acceptors (Lipinski definition) is 5. The maximum absolute atomic E-state index is 12.5. The number of nitrogens with zero attached hydrogens (tertiary/aromatic N) is 1. The first-order chi connectivity index (χ1) is 10.1. The van der Waals surface area contributed by atoms with Crippen molar-refractivity contribution in [3.63, 3.8) is 0 Å². The van der Waals surface area contributed by atoms with E-state index in [9.17, 15) is 9.59 Å². The van der Waals surface area contributed by atoms with Gasteiger partial charge < -0.3 is 14.4 Å². The van der Waals surface area contributed by atoms with Crippen molar-refractivity contribution in [2.75, 3.05) is 25.3 Å². The molecule has 0 aromatic heterocycles. The van der Waals surface area contributed by atoms with Crippen LogP contribution in [0.2, 0.25) is 0 Å². The highest BCUT2D eigenvalue weighted by molar-refractivity contribution is 8.00.